The third kappa shape index (κ3) is 4.86. The number of likely N-dealkylation sites (tertiary alicyclic amines) is 1. The Morgan fingerprint density at radius 1 is 1.05 bits per heavy atom. The molecule has 1 aliphatic rings. The maximum absolute atomic E-state index is 12.9. The molecular weight excluding hydrogens is 466 g/mol. The molecule has 9 heteroatoms. The third-order valence-corrected chi connectivity index (χ3v) is 6.48. The third-order valence-electron chi connectivity index (χ3n) is 6.48. The van der Waals surface area contributed by atoms with E-state index in [0.717, 1.165) is 37.1 Å². The predicted molar refractivity (Wildman–Crippen MR) is 141 cm³/mol. The number of nitrogens with one attached hydrogen (secondary N) is 1. The van der Waals surface area contributed by atoms with Gasteiger partial charge in [0.2, 0.25) is 0 Å². The average molecular weight is 494 g/mol. The summed E-state index contributed by atoms with van der Waals surface area (Å²) in [4.78, 5) is 40.8. The Hall–Kier alpha value is -4.71. The van der Waals surface area contributed by atoms with Gasteiger partial charge < -0.3 is 16.0 Å². The second-order valence-corrected chi connectivity index (χ2v) is 8.83. The minimum absolute atomic E-state index is 0.196. The summed E-state index contributed by atoms with van der Waals surface area (Å²) >= 11 is 0. The lowest BCUT2D eigenvalue weighted by Gasteiger charge is -2.27. The molecule has 1 atom stereocenters. The van der Waals surface area contributed by atoms with Gasteiger partial charge in [-0.2, -0.15) is 0 Å². The van der Waals surface area contributed by atoms with Crippen LogP contribution in [0.2, 0.25) is 0 Å². The Bertz CT molecular complexity index is 1500. The van der Waals surface area contributed by atoms with E-state index in [0.29, 0.717) is 35.0 Å². The molecule has 0 spiro atoms. The molecule has 37 heavy (non-hydrogen) atoms. The molecule has 4 aromatic rings. The Morgan fingerprint density at radius 3 is 2.65 bits per heavy atom. The van der Waals surface area contributed by atoms with Crippen molar-refractivity contribution < 1.29 is 9.59 Å². The van der Waals surface area contributed by atoms with Crippen LogP contribution in [0.25, 0.3) is 16.8 Å². The van der Waals surface area contributed by atoms with Gasteiger partial charge in [-0.1, -0.05) is 37.0 Å². The van der Waals surface area contributed by atoms with Crippen LogP contribution in [0.1, 0.15) is 54.8 Å². The summed E-state index contributed by atoms with van der Waals surface area (Å²) in [7, 11) is 0. The fourth-order valence-corrected chi connectivity index (χ4v) is 4.73. The fraction of sp³-hybridized carbons (Fsp3) is 0.250. The van der Waals surface area contributed by atoms with Crippen LogP contribution in [-0.4, -0.2) is 42.6 Å². The Kier molecular flexibility index (Phi) is 6.81. The van der Waals surface area contributed by atoms with Crippen LogP contribution in [0.15, 0.2) is 61.1 Å². The number of anilines is 2. The van der Waals surface area contributed by atoms with Crippen molar-refractivity contribution in [3.8, 4) is 23.1 Å². The molecule has 1 aliphatic heterocycles. The quantitative estimate of drug-likeness (QED) is 0.413. The first kappa shape index (κ1) is 24.0. The first-order valence-electron chi connectivity index (χ1n) is 12.3. The zero-order valence-corrected chi connectivity index (χ0v) is 20.5. The molecule has 3 N–H and O–H groups in total. The number of hydrogen-bond donors (Lipinski definition) is 2. The van der Waals surface area contributed by atoms with Gasteiger partial charge in [0.25, 0.3) is 11.8 Å². The van der Waals surface area contributed by atoms with Crippen molar-refractivity contribution in [3.63, 3.8) is 0 Å². The molecular formula is C28H27N7O2. The molecule has 0 saturated carbocycles. The zero-order valence-electron chi connectivity index (χ0n) is 20.5. The molecule has 1 aromatic carbocycles. The number of amides is 2. The number of nitrogens with zero attached hydrogens (tertiary/aromatic N) is 5. The molecule has 1 saturated heterocycles. The smallest absolute Gasteiger partial charge is 0.299 e. The van der Waals surface area contributed by atoms with E-state index < -0.39 is 0 Å². The maximum Gasteiger partial charge on any atom is 0.299 e. The molecule has 0 bridgehead atoms. The Labute approximate surface area is 214 Å². The van der Waals surface area contributed by atoms with Crippen LogP contribution >= 0.6 is 0 Å². The molecule has 4 heterocycles. The number of benzene rings is 1. The molecule has 3 aromatic heterocycles. The Morgan fingerprint density at radius 2 is 1.89 bits per heavy atom. The maximum atomic E-state index is 12.9. The summed E-state index contributed by atoms with van der Waals surface area (Å²) < 4.78 is 1.93. The fourth-order valence-electron chi connectivity index (χ4n) is 4.73. The number of fused-ring (bicyclic) bond motifs is 1. The number of hydrogen-bond acceptors (Lipinski definition) is 6. The average Bonchev–Trinajstić information content (AvgIpc) is 3.13. The van der Waals surface area contributed by atoms with Crippen LogP contribution in [0.5, 0.6) is 0 Å². The van der Waals surface area contributed by atoms with E-state index in [4.69, 9.17) is 10.7 Å². The van der Waals surface area contributed by atoms with Crippen molar-refractivity contribution in [1.82, 2.24) is 24.3 Å². The molecule has 9 nitrogen and oxygen atoms in total. The van der Waals surface area contributed by atoms with E-state index in [1.54, 1.807) is 43.6 Å². The number of aromatic nitrogens is 4. The first-order chi connectivity index (χ1) is 18.1. The standard InChI is InChI=1S/C28H27N7O2/c1-2-8-23(36)34-17-7-3-4-9-21(34)27-33-24(25-26(29)31-16-18-35(25)27)19-11-13-20(14-12-19)28(37)32-22-10-5-6-15-30-22/h5-6,10-16,18,21H,3-4,7,9,17H2,1H3,(H2,29,31)(H,30,32,37). The zero-order chi connectivity index (χ0) is 25.8. The van der Waals surface area contributed by atoms with Crippen LogP contribution < -0.4 is 11.1 Å². The summed E-state index contributed by atoms with van der Waals surface area (Å²) in [5.74, 6) is 6.52. The van der Waals surface area contributed by atoms with Crippen LogP contribution in [0.3, 0.4) is 0 Å². The molecule has 186 valence electrons. The normalized spacial score (nSPS) is 15.5. The van der Waals surface area contributed by atoms with Gasteiger partial charge in [-0.05, 0) is 50.0 Å². The molecule has 5 rings (SSSR count). The van der Waals surface area contributed by atoms with Crippen LogP contribution in [0, 0.1) is 11.8 Å². The topological polar surface area (TPSA) is 119 Å². The van der Waals surface area contributed by atoms with Gasteiger partial charge in [0.05, 0.1) is 6.04 Å². The van der Waals surface area contributed by atoms with Crippen LogP contribution in [-0.2, 0) is 4.79 Å². The second kappa shape index (κ2) is 10.5. The highest BCUT2D eigenvalue weighted by Gasteiger charge is 2.31. The Balaban J connectivity index is 1.53. The van der Waals surface area contributed by atoms with Gasteiger partial charge in [-0.15, -0.1) is 0 Å². The number of nitrogens with two attached hydrogens (primary N) is 1. The molecule has 1 unspecified atom stereocenters. The van der Waals surface area contributed by atoms with Crippen molar-refractivity contribution in [2.75, 3.05) is 17.6 Å². The largest absolute Gasteiger partial charge is 0.382 e. The van der Waals surface area contributed by atoms with Gasteiger partial charge in [-0.25, -0.2) is 15.0 Å². The van der Waals surface area contributed by atoms with E-state index in [2.05, 4.69) is 27.1 Å². The SMILES string of the molecule is CC#CC(=O)N1CCCCCC1c1nc(-c2ccc(C(=O)Nc3ccccn3)cc2)c2c(N)nccn12. The van der Waals surface area contributed by atoms with Crippen LogP contribution in [0.4, 0.5) is 11.6 Å². The van der Waals surface area contributed by atoms with E-state index in [9.17, 15) is 9.59 Å². The van der Waals surface area contributed by atoms with E-state index in [1.807, 2.05) is 33.7 Å². The van der Waals surface area contributed by atoms with E-state index in [-0.39, 0.29) is 17.9 Å². The van der Waals surface area contributed by atoms with Crippen molar-refractivity contribution in [2.45, 2.75) is 38.6 Å². The minimum atomic E-state index is -0.258. The van der Waals surface area contributed by atoms with Gasteiger partial charge in [-0.3, -0.25) is 14.0 Å². The summed E-state index contributed by atoms with van der Waals surface area (Å²) in [5, 5.41) is 2.79. The van der Waals surface area contributed by atoms with Gasteiger partial charge in [0, 0.05) is 36.3 Å². The lowest BCUT2D eigenvalue weighted by Crippen LogP contribution is -2.34. The molecule has 2 amide bonds. The number of rotatable bonds is 4. The highest BCUT2D eigenvalue weighted by Crippen LogP contribution is 2.35. The summed E-state index contributed by atoms with van der Waals surface area (Å²) in [6, 6.07) is 12.2. The van der Waals surface area contributed by atoms with E-state index >= 15 is 0 Å². The predicted octanol–water partition coefficient (Wildman–Crippen LogP) is 4.09. The summed E-state index contributed by atoms with van der Waals surface area (Å²) in [6.07, 6.45) is 8.82. The highest BCUT2D eigenvalue weighted by molar-refractivity contribution is 6.04. The minimum Gasteiger partial charge on any atom is -0.382 e. The molecule has 0 aliphatic carbocycles. The van der Waals surface area contributed by atoms with E-state index in [1.165, 1.54) is 0 Å². The number of imidazole rings is 1. The van der Waals surface area contributed by atoms with Crippen molar-refractivity contribution >= 4 is 29.0 Å². The lowest BCUT2D eigenvalue weighted by molar-refractivity contribution is -0.127. The molecule has 1 fully saturated rings. The van der Waals surface area contributed by atoms with Crippen molar-refractivity contribution in [1.29, 1.82) is 0 Å². The van der Waals surface area contributed by atoms with Crippen molar-refractivity contribution in [2.24, 2.45) is 0 Å². The van der Waals surface area contributed by atoms with Gasteiger partial charge in [0.15, 0.2) is 0 Å². The second-order valence-electron chi connectivity index (χ2n) is 8.83. The summed E-state index contributed by atoms with van der Waals surface area (Å²) in [5.41, 5.74) is 8.92. The van der Waals surface area contributed by atoms with Gasteiger partial charge >= 0.3 is 0 Å². The van der Waals surface area contributed by atoms with Crippen molar-refractivity contribution in [3.05, 3.63) is 72.4 Å². The highest BCUT2D eigenvalue weighted by atomic mass is 16.2. The lowest BCUT2D eigenvalue weighted by atomic mass is 10.1. The van der Waals surface area contributed by atoms with Gasteiger partial charge in [0.1, 0.15) is 28.7 Å². The molecule has 0 radical (unpaired) electrons. The number of pyridine rings is 1. The monoisotopic (exact) mass is 493 g/mol. The number of carbonyl (C=O) groups excluding carboxylic acids is 2. The first-order valence-corrected chi connectivity index (χ1v) is 12.3. The number of nitrogen functional groups attached to an aromatic ring is 1. The number of carbonyl (C=O) groups is 2. The summed E-state index contributed by atoms with van der Waals surface area (Å²) in [6.45, 7) is 2.30.